The van der Waals surface area contributed by atoms with Crippen LogP contribution in [0, 0.1) is 0 Å². The van der Waals surface area contributed by atoms with Gasteiger partial charge in [-0.3, -0.25) is 0 Å². The number of nitrogens with zero attached hydrogens (tertiary/aromatic N) is 3. The molecule has 11 rings (SSSR count). The van der Waals surface area contributed by atoms with Crippen molar-refractivity contribution in [1.29, 1.82) is 0 Å². The molecule has 0 saturated carbocycles. The lowest BCUT2D eigenvalue weighted by Gasteiger charge is -2.50. The summed E-state index contributed by atoms with van der Waals surface area (Å²) in [7, 11) is 2.35. The van der Waals surface area contributed by atoms with E-state index >= 15 is 0 Å². The van der Waals surface area contributed by atoms with Gasteiger partial charge in [-0.2, -0.15) is 0 Å². The van der Waals surface area contributed by atoms with Gasteiger partial charge in [0.1, 0.15) is 226 Å². The van der Waals surface area contributed by atoms with Gasteiger partial charge < -0.3 is 247 Å². The number of aromatic nitrogens is 3. The Kier molecular flexibility index (Phi) is 32.3. The standard InChI is InChI=1S/C62H101N3O50/c1-94-60-63-61(95-2)65-62(64-60)115-56-43(93)34(84)44(19(6-69)105-56)109-54-41(91)35(85)46(22(107-54)12-101-59-49(25(75)15(72)9-98-59)114-52-39(89)32(82)28(78)18(5-68)104-52)111-55-42(92)36(86)45(21(108-55)11-100-58-48(24(74)14(71)8-97-58)113-51-38(88)31(81)27(77)17(4-67)103-51)110-53-40(90)33(83)29(79)20(106-53)10-99-57-47(23(73)13(70)7-96-57)112-50-37(87)30(80)26(76)16(3-66)102-50/h13-59,66-93H,3-12H2,1-2H3/t13-,14-,15-,16-,17-,18-,19-,20-,21-,22-,23+,24+,25+,26+,27+,28+,29-,30+,31+,32+,33+,34-,35-,36-,37-,38-,39-,40-,41-,42-,43-,44-,45-,46-,47-,48-,49-,50+,51+,52+,53+,54+,55+,56+,57-,58-,59-/m1/s1. The lowest BCUT2D eigenvalue weighted by atomic mass is 9.95. The molecule has 47 atom stereocenters. The molecule has 0 aliphatic carbocycles. The summed E-state index contributed by atoms with van der Waals surface area (Å²) in [6.45, 7) is -9.43. The van der Waals surface area contributed by atoms with Crippen molar-refractivity contribution in [3.63, 3.8) is 0 Å². The Hall–Kier alpha value is -3.47. The van der Waals surface area contributed by atoms with Crippen molar-refractivity contribution in [3.8, 4) is 18.0 Å². The summed E-state index contributed by atoms with van der Waals surface area (Å²) in [6.07, 6.45) is -97.4. The van der Waals surface area contributed by atoms with Gasteiger partial charge >= 0.3 is 18.0 Å². The molecule has 0 radical (unpaired) electrons. The van der Waals surface area contributed by atoms with Crippen molar-refractivity contribution >= 4 is 0 Å². The first-order valence-corrected chi connectivity index (χ1v) is 36.2. The quantitative estimate of drug-likeness (QED) is 0.0354. The van der Waals surface area contributed by atoms with Crippen molar-refractivity contribution in [2.45, 2.75) is 289 Å². The zero-order valence-corrected chi connectivity index (χ0v) is 60.6. The second-order valence-corrected chi connectivity index (χ2v) is 28.5. The number of aliphatic hydroxyl groups excluding tert-OH is 28. The van der Waals surface area contributed by atoms with E-state index in [0.29, 0.717) is 0 Å². The number of ether oxygens (including phenoxy) is 22. The van der Waals surface area contributed by atoms with Crippen LogP contribution < -0.4 is 14.2 Å². The Morgan fingerprint density at radius 3 is 0.783 bits per heavy atom. The molecule has 0 bridgehead atoms. The molecule has 0 unspecified atom stereocenters. The average Bonchev–Trinajstić information content (AvgIpc) is 0.779. The Bertz CT molecular complexity index is 3100. The van der Waals surface area contributed by atoms with Crippen LogP contribution in [0.3, 0.4) is 0 Å². The fourth-order valence-electron chi connectivity index (χ4n) is 14.0. The van der Waals surface area contributed by atoms with Gasteiger partial charge in [-0.15, -0.1) is 15.0 Å². The molecular weight excluding hydrogens is 1590 g/mol. The minimum absolute atomic E-state index is 0.353. The van der Waals surface area contributed by atoms with E-state index in [9.17, 15) is 143 Å². The van der Waals surface area contributed by atoms with Crippen LogP contribution in [0.1, 0.15) is 0 Å². The van der Waals surface area contributed by atoms with Crippen LogP contribution >= 0.6 is 0 Å². The molecule has 10 aliphatic rings. The monoisotopic (exact) mass is 1690 g/mol. The maximum Gasteiger partial charge on any atom is 0.328 e. The molecule has 53 heteroatoms. The Balaban J connectivity index is 0.881. The van der Waals surface area contributed by atoms with Crippen LogP contribution in [0.5, 0.6) is 18.0 Å². The van der Waals surface area contributed by atoms with E-state index in [2.05, 4.69) is 15.0 Å². The van der Waals surface area contributed by atoms with Gasteiger partial charge in [-0.1, -0.05) is 0 Å². The van der Waals surface area contributed by atoms with Crippen molar-refractivity contribution in [3.05, 3.63) is 0 Å². The minimum atomic E-state index is -2.57. The number of rotatable bonds is 29. The fourth-order valence-corrected chi connectivity index (χ4v) is 14.0. The summed E-state index contributed by atoms with van der Waals surface area (Å²) < 4.78 is 126. The molecule has 1 aromatic heterocycles. The molecule has 0 aromatic carbocycles. The van der Waals surface area contributed by atoms with E-state index in [1.165, 1.54) is 14.2 Å². The van der Waals surface area contributed by atoms with E-state index < -0.39 is 361 Å². The van der Waals surface area contributed by atoms with Crippen molar-refractivity contribution < 1.29 is 247 Å². The molecule has 1 aromatic rings. The Labute approximate surface area is 647 Å². The molecule has 28 N–H and O–H groups in total. The summed E-state index contributed by atoms with van der Waals surface area (Å²) in [4.78, 5) is 11.6. The smallest absolute Gasteiger partial charge is 0.328 e. The van der Waals surface area contributed by atoms with Crippen LogP contribution in [0.4, 0.5) is 0 Å². The number of aliphatic hydroxyl groups is 28. The van der Waals surface area contributed by atoms with E-state index in [1.807, 2.05) is 0 Å². The lowest BCUT2D eigenvalue weighted by molar-refractivity contribution is -0.397. The highest BCUT2D eigenvalue weighted by Crippen LogP contribution is 2.39. The second kappa shape index (κ2) is 40.2. The van der Waals surface area contributed by atoms with Gasteiger partial charge in [0.2, 0.25) is 6.29 Å². The van der Waals surface area contributed by atoms with Crippen LogP contribution in [0.2, 0.25) is 0 Å². The van der Waals surface area contributed by atoms with Crippen LogP contribution in [-0.4, -0.2) is 527 Å². The van der Waals surface area contributed by atoms with Crippen LogP contribution in [-0.2, 0) is 90.0 Å². The predicted octanol–water partition coefficient (Wildman–Crippen LogP) is -20.6. The third-order valence-electron chi connectivity index (χ3n) is 20.8. The molecule has 664 valence electrons. The van der Waals surface area contributed by atoms with Crippen molar-refractivity contribution in [1.82, 2.24) is 15.0 Å². The van der Waals surface area contributed by atoms with E-state index in [1.54, 1.807) is 0 Å². The third kappa shape index (κ3) is 20.1. The molecule has 11 heterocycles. The molecule has 10 aliphatic heterocycles. The number of hydrogen-bond donors (Lipinski definition) is 28. The first-order chi connectivity index (χ1) is 54.7. The molecule has 53 nitrogen and oxygen atoms in total. The molecular formula is C62H101N3O50. The molecule has 10 saturated heterocycles. The van der Waals surface area contributed by atoms with Gasteiger partial charge in [-0.05, 0) is 0 Å². The minimum Gasteiger partial charge on any atom is -0.467 e. The third-order valence-corrected chi connectivity index (χ3v) is 20.8. The molecule has 0 spiro atoms. The highest BCUT2D eigenvalue weighted by molar-refractivity contribution is 5.10. The van der Waals surface area contributed by atoms with E-state index in [0.717, 1.165) is 0 Å². The van der Waals surface area contributed by atoms with Gasteiger partial charge in [-0.25, -0.2) is 0 Å². The number of methoxy groups -OCH3 is 2. The second-order valence-electron chi connectivity index (χ2n) is 28.5. The van der Waals surface area contributed by atoms with Gasteiger partial charge in [0.05, 0.1) is 80.3 Å². The Morgan fingerprint density at radius 2 is 0.478 bits per heavy atom. The van der Waals surface area contributed by atoms with Gasteiger partial charge in [0.25, 0.3) is 0 Å². The normalized spacial score (nSPS) is 50.2. The average molecular weight is 1690 g/mol. The molecule has 115 heavy (non-hydrogen) atoms. The summed E-state index contributed by atoms with van der Waals surface area (Å²) in [5, 5.41) is 309. The highest BCUT2D eigenvalue weighted by atomic mass is 16.8. The largest absolute Gasteiger partial charge is 0.467 e. The van der Waals surface area contributed by atoms with E-state index in [-0.39, 0.29) is 12.0 Å². The summed E-state index contributed by atoms with van der Waals surface area (Å²) in [5.41, 5.74) is 0. The zero-order valence-electron chi connectivity index (χ0n) is 60.6. The SMILES string of the molecule is COc1nc(OC)nc(O[C@@H]2O[C@H](CO)[C@@H](O[C@@H]3O[C@H](CO[C@H]4OC[C@@H](O)[C@H](O)[C@H]4O[C@@H]4O[C@H](CO)[C@H](O)[C@H](O)[C@H]4O)[C@@H](O[C@@H]4O[C@H](CO[C@H]5OC[C@@H](O)[C@H](O)[C@H]5O[C@@H]5O[C@H](CO)[C@H](O)[C@H](O)[C@H]5O)[C@@H](O[C@@H]5O[C@H](CO[C@H]6OC[C@@H](O)[C@H](O)[C@H]6O[C@@H]6O[C@H](CO)[C@H](O)[C@H](O)[C@H]6O)[C@@H](O)[C@H](O)[C@H]5O)[C@H](O)[C@H]4O)[C@H](O)[C@H]3O)[C@H](O)[C@H]2O)n1. The van der Waals surface area contributed by atoms with Crippen molar-refractivity contribution in [2.75, 3.05) is 80.3 Å². The summed E-state index contributed by atoms with van der Waals surface area (Å²) in [5.74, 6) is 0. The summed E-state index contributed by atoms with van der Waals surface area (Å²) >= 11 is 0. The molecule has 10 fully saturated rings. The fraction of sp³-hybridized carbons (Fsp3) is 0.952. The highest BCUT2D eigenvalue weighted by Gasteiger charge is 2.60. The molecule has 0 amide bonds. The summed E-state index contributed by atoms with van der Waals surface area (Å²) in [6, 6.07) is -1.31. The van der Waals surface area contributed by atoms with Gasteiger partial charge in [0.15, 0.2) is 56.6 Å². The zero-order chi connectivity index (χ0) is 83.6. The van der Waals surface area contributed by atoms with Crippen LogP contribution in [0.15, 0.2) is 0 Å². The predicted molar refractivity (Wildman–Crippen MR) is 343 cm³/mol. The topological polar surface area (TPSA) is 808 Å². The number of hydrogen-bond acceptors (Lipinski definition) is 53. The van der Waals surface area contributed by atoms with Crippen molar-refractivity contribution in [2.24, 2.45) is 0 Å². The lowest BCUT2D eigenvalue weighted by Crippen LogP contribution is -2.68. The Morgan fingerprint density at radius 1 is 0.243 bits per heavy atom. The first-order valence-electron chi connectivity index (χ1n) is 36.2. The first kappa shape index (κ1) is 92.3. The maximum absolute atomic E-state index is 12.4. The van der Waals surface area contributed by atoms with Gasteiger partial charge in [0, 0.05) is 0 Å². The van der Waals surface area contributed by atoms with Crippen LogP contribution in [0.25, 0.3) is 0 Å². The van der Waals surface area contributed by atoms with E-state index in [4.69, 9.17) is 104 Å². The maximum atomic E-state index is 12.4.